The van der Waals surface area contributed by atoms with Gasteiger partial charge in [0.2, 0.25) is 5.76 Å². The van der Waals surface area contributed by atoms with Gasteiger partial charge in [0, 0.05) is 22.8 Å². The number of aromatic carboxylic acids is 1. The maximum absolute atomic E-state index is 13.1. The van der Waals surface area contributed by atoms with Gasteiger partial charge in [-0.05, 0) is 36.8 Å². The number of aromatic nitrogens is 3. The molecule has 0 saturated carbocycles. The summed E-state index contributed by atoms with van der Waals surface area (Å²) in [7, 11) is 0. The van der Waals surface area contributed by atoms with Gasteiger partial charge in [-0.1, -0.05) is 6.92 Å². The summed E-state index contributed by atoms with van der Waals surface area (Å²) in [6.07, 6.45) is 4.11. The van der Waals surface area contributed by atoms with Crippen LogP contribution in [0.4, 0.5) is 0 Å². The molecule has 4 rings (SSSR count). The molecule has 27 heavy (non-hydrogen) atoms. The Morgan fingerprint density at radius 3 is 2.85 bits per heavy atom. The van der Waals surface area contributed by atoms with Gasteiger partial charge in [0.25, 0.3) is 5.56 Å². The van der Waals surface area contributed by atoms with Crippen molar-refractivity contribution in [1.82, 2.24) is 14.5 Å². The fraction of sp³-hybridized carbons (Fsp3) is 0.158. The first-order valence-corrected chi connectivity index (χ1v) is 9.14. The van der Waals surface area contributed by atoms with Crippen molar-refractivity contribution >= 4 is 27.5 Å². The van der Waals surface area contributed by atoms with Crippen molar-refractivity contribution in [3.05, 3.63) is 69.5 Å². The number of carboxylic acids is 1. The average Bonchev–Trinajstić information content (AvgIpc) is 3.31. The highest BCUT2D eigenvalue weighted by Gasteiger charge is 2.17. The van der Waals surface area contributed by atoms with Gasteiger partial charge in [-0.3, -0.25) is 14.3 Å². The van der Waals surface area contributed by atoms with E-state index in [9.17, 15) is 9.59 Å². The number of carbonyl (C=O) groups is 1. The van der Waals surface area contributed by atoms with Crippen LogP contribution < -0.4 is 5.56 Å². The molecular weight excluding hydrogens is 366 g/mol. The molecule has 0 atom stereocenters. The number of hydrogen-bond donors (Lipinski definition) is 1. The lowest BCUT2D eigenvalue weighted by Gasteiger charge is -2.11. The Morgan fingerprint density at radius 1 is 1.33 bits per heavy atom. The summed E-state index contributed by atoms with van der Waals surface area (Å²) in [4.78, 5) is 34.8. The number of thiophene rings is 1. The first kappa shape index (κ1) is 17.2. The molecule has 0 radical (unpaired) electrons. The highest BCUT2D eigenvalue weighted by atomic mass is 32.1. The summed E-state index contributed by atoms with van der Waals surface area (Å²) in [5.74, 6) is -0.482. The quantitative estimate of drug-likeness (QED) is 0.569. The van der Waals surface area contributed by atoms with Gasteiger partial charge in [0.05, 0.1) is 11.9 Å². The van der Waals surface area contributed by atoms with Crippen molar-refractivity contribution in [3.63, 3.8) is 0 Å². The van der Waals surface area contributed by atoms with E-state index in [-0.39, 0.29) is 17.9 Å². The minimum atomic E-state index is -1.15. The predicted octanol–water partition coefficient (Wildman–Crippen LogP) is 3.42. The van der Waals surface area contributed by atoms with Crippen molar-refractivity contribution in [2.45, 2.75) is 19.9 Å². The highest BCUT2D eigenvalue weighted by Crippen LogP contribution is 2.26. The molecule has 0 spiro atoms. The number of nitrogens with zero attached hydrogens (tertiary/aromatic N) is 3. The van der Waals surface area contributed by atoms with Gasteiger partial charge in [0.1, 0.15) is 16.4 Å². The van der Waals surface area contributed by atoms with Gasteiger partial charge in [0.15, 0.2) is 0 Å². The van der Waals surface area contributed by atoms with E-state index < -0.39 is 5.97 Å². The molecule has 0 saturated heterocycles. The van der Waals surface area contributed by atoms with Crippen LogP contribution in [0, 0.1) is 0 Å². The number of hydrogen-bond acceptors (Lipinski definition) is 6. The van der Waals surface area contributed by atoms with E-state index in [1.54, 1.807) is 24.5 Å². The second-order valence-electron chi connectivity index (χ2n) is 5.92. The number of pyridine rings is 1. The van der Waals surface area contributed by atoms with Crippen LogP contribution in [0.1, 0.15) is 28.1 Å². The summed E-state index contributed by atoms with van der Waals surface area (Å²) in [5.41, 5.74) is 0.510. The summed E-state index contributed by atoms with van der Waals surface area (Å²) in [6, 6.07) is 8.40. The molecule has 1 N–H and O–H groups in total. The van der Waals surface area contributed by atoms with E-state index in [0.717, 1.165) is 11.3 Å². The molecule has 7 nitrogen and oxygen atoms in total. The fourth-order valence-corrected chi connectivity index (χ4v) is 3.79. The Morgan fingerprint density at radius 2 is 2.19 bits per heavy atom. The van der Waals surface area contributed by atoms with Crippen LogP contribution in [-0.4, -0.2) is 25.6 Å². The van der Waals surface area contributed by atoms with Crippen LogP contribution >= 0.6 is 11.3 Å². The molecule has 0 fully saturated rings. The number of aryl methyl sites for hydroxylation is 1. The lowest BCUT2D eigenvalue weighted by atomic mass is 10.2. The van der Waals surface area contributed by atoms with Gasteiger partial charge in [-0.15, -0.1) is 11.3 Å². The molecule has 0 aromatic carbocycles. The molecule has 4 aromatic heterocycles. The molecule has 0 aliphatic rings. The Hall–Kier alpha value is -3.26. The SMILES string of the molecule is CCc1cc2c(=O)n(Cc3ccc(C(=O)O)o3)c(-c3cccnc3)nc2s1. The third-order valence-corrected chi connectivity index (χ3v) is 5.33. The minimum absolute atomic E-state index is 0.0799. The maximum Gasteiger partial charge on any atom is 0.371 e. The van der Waals surface area contributed by atoms with Crippen molar-refractivity contribution in [2.24, 2.45) is 0 Å². The summed E-state index contributed by atoms with van der Waals surface area (Å²) < 4.78 is 6.83. The summed E-state index contributed by atoms with van der Waals surface area (Å²) >= 11 is 1.50. The fourth-order valence-electron chi connectivity index (χ4n) is 2.84. The van der Waals surface area contributed by atoms with Gasteiger partial charge in [-0.2, -0.15) is 0 Å². The molecule has 8 heteroatoms. The molecule has 4 heterocycles. The third kappa shape index (κ3) is 3.15. The van der Waals surface area contributed by atoms with Gasteiger partial charge < -0.3 is 9.52 Å². The Balaban J connectivity index is 1.91. The van der Waals surface area contributed by atoms with E-state index in [0.29, 0.717) is 27.4 Å². The van der Waals surface area contributed by atoms with Crippen LogP contribution in [-0.2, 0) is 13.0 Å². The lowest BCUT2D eigenvalue weighted by Crippen LogP contribution is -2.23. The van der Waals surface area contributed by atoms with Crippen molar-refractivity contribution in [2.75, 3.05) is 0 Å². The van der Waals surface area contributed by atoms with Crippen molar-refractivity contribution < 1.29 is 14.3 Å². The maximum atomic E-state index is 13.1. The van der Waals surface area contributed by atoms with Gasteiger partial charge >= 0.3 is 5.97 Å². The molecule has 136 valence electrons. The molecule has 0 aliphatic carbocycles. The topological polar surface area (TPSA) is 98.2 Å². The van der Waals surface area contributed by atoms with Crippen molar-refractivity contribution in [1.29, 1.82) is 0 Å². The standard InChI is InChI=1S/C19H15N3O4S/c1-2-13-8-14-17(27-13)21-16(11-4-3-7-20-9-11)22(18(14)23)10-12-5-6-15(26-12)19(24)25/h3-9H,2,10H2,1H3,(H,24,25). The van der Waals surface area contributed by atoms with Gasteiger partial charge in [-0.25, -0.2) is 9.78 Å². The number of rotatable bonds is 5. The highest BCUT2D eigenvalue weighted by molar-refractivity contribution is 7.18. The van der Waals surface area contributed by atoms with E-state index in [1.165, 1.54) is 22.0 Å². The normalized spacial score (nSPS) is 11.1. The molecule has 0 amide bonds. The van der Waals surface area contributed by atoms with Crippen LogP contribution in [0.15, 0.2) is 51.9 Å². The van der Waals surface area contributed by atoms with Crippen LogP contribution in [0.2, 0.25) is 0 Å². The first-order chi connectivity index (χ1) is 13.1. The zero-order chi connectivity index (χ0) is 19.0. The van der Waals surface area contributed by atoms with Crippen LogP contribution in [0.3, 0.4) is 0 Å². The van der Waals surface area contributed by atoms with E-state index in [2.05, 4.69) is 4.98 Å². The molecule has 4 aromatic rings. The molecule has 0 unspecified atom stereocenters. The van der Waals surface area contributed by atoms with E-state index >= 15 is 0 Å². The molecular formula is C19H15N3O4S. The van der Waals surface area contributed by atoms with E-state index in [4.69, 9.17) is 14.5 Å². The zero-order valence-corrected chi connectivity index (χ0v) is 15.2. The zero-order valence-electron chi connectivity index (χ0n) is 14.4. The third-order valence-electron chi connectivity index (χ3n) is 4.16. The molecule has 0 aliphatic heterocycles. The first-order valence-electron chi connectivity index (χ1n) is 8.32. The second kappa shape index (κ2) is 6.81. The lowest BCUT2D eigenvalue weighted by molar-refractivity contribution is 0.0660. The van der Waals surface area contributed by atoms with Crippen LogP contribution in [0.5, 0.6) is 0 Å². The smallest absolute Gasteiger partial charge is 0.371 e. The average molecular weight is 381 g/mol. The Bertz CT molecular complexity index is 1190. The summed E-state index contributed by atoms with van der Waals surface area (Å²) in [6.45, 7) is 2.11. The van der Waals surface area contributed by atoms with E-state index in [1.807, 2.05) is 19.1 Å². The number of furan rings is 1. The predicted molar refractivity (Wildman–Crippen MR) is 101 cm³/mol. The van der Waals surface area contributed by atoms with Crippen molar-refractivity contribution in [3.8, 4) is 11.4 Å². The minimum Gasteiger partial charge on any atom is -0.475 e. The second-order valence-corrected chi connectivity index (χ2v) is 7.04. The largest absolute Gasteiger partial charge is 0.475 e. The summed E-state index contributed by atoms with van der Waals surface area (Å²) in [5, 5.41) is 9.59. The Kier molecular flexibility index (Phi) is 4.33. The molecule has 0 bridgehead atoms. The Labute approximate surface area is 157 Å². The van der Waals surface area contributed by atoms with Crippen LogP contribution in [0.25, 0.3) is 21.6 Å². The number of fused-ring (bicyclic) bond motifs is 1. The number of carboxylic acid groups (broad SMARTS) is 1. The monoisotopic (exact) mass is 381 g/mol.